The zero-order valence-corrected chi connectivity index (χ0v) is 14.6. The first-order chi connectivity index (χ1) is 11.9. The minimum Gasteiger partial charge on any atom is -0.474 e. The normalized spacial score (nSPS) is 14.6. The van der Waals surface area contributed by atoms with Gasteiger partial charge in [0.15, 0.2) is 6.29 Å². The molecule has 0 spiro atoms. The molecule has 8 heteroatoms. The third-order valence-electron chi connectivity index (χ3n) is 3.47. The van der Waals surface area contributed by atoms with Crippen molar-refractivity contribution in [1.29, 1.82) is 0 Å². The number of anilines is 1. The average Bonchev–Trinajstić information content (AvgIpc) is 3.38. The largest absolute Gasteiger partial charge is 0.474 e. The average molecular weight is 345 g/mol. The Morgan fingerprint density at radius 3 is 2.80 bits per heavy atom. The number of nitrogens with two attached hydrogens (primary N) is 1. The van der Waals surface area contributed by atoms with E-state index in [0.717, 1.165) is 0 Å². The maximum absolute atomic E-state index is 12.4. The van der Waals surface area contributed by atoms with Crippen LogP contribution in [0.25, 0.3) is 0 Å². The van der Waals surface area contributed by atoms with Gasteiger partial charge in [-0.2, -0.15) is 4.98 Å². The number of allylic oxidation sites excluding steroid dienone is 3. The first-order valence-corrected chi connectivity index (χ1v) is 8.06. The summed E-state index contributed by atoms with van der Waals surface area (Å²) in [5.74, 6) is -0.461. The number of amides is 1. The first kappa shape index (κ1) is 18.4. The lowest BCUT2D eigenvalue weighted by Crippen LogP contribution is -2.25. The molecule has 1 saturated carbocycles. The van der Waals surface area contributed by atoms with E-state index in [2.05, 4.69) is 20.2 Å². The highest BCUT2D eigenvalue weighted by atomic mass is 16.5. The van der Waals surface area contributed by atoms with Crippen molar-refractivity contribution in [2.24, 2.45) is 0 Å². The molecule has 0 bridgehead atoms. The Morgan fingerprint density at radius 2 is 2.20 bits per heavy atom. The van der Waals surface area contributed by atoms with E-state index in [1.807, 2.05) is 13.2 Å². The summed E-state index contributed by atoms with van der Waals surface area (Å²) in [5, 5.41) is 2.52. The molecule has 1 amide bonds. The Labute approximate surface area is 146 Å². The molecule has 1 aromatic rings. The zero-order valence-electron chi connectivity index (χ0n) is 14.6. The molecule has 1 heterocycles. The summed E-state index contributed by atoms with van der Waals surface area (Å²) in [6.07, 6.45) is 9.12. The van der Waals surface area contributed by atoms with Crippen LogP contribution in [-0.2, 0) is 4.79 Å². The van der Waals surface area contributed by atoms with Crippen LogP contribution < -0.4 is 15.8 Å². The summed E-state index contributed by atoms with van der Waals surface area (Å²) in [5.41, 5.74) is 5.77. The molecule has 1 aliphatic carbocycles. The zero-order chi connectivity index (χ0) is 18.4. The van der Waals surface area contributed by atoms with Gasteiger partial charge in [-0.1, -0.05) is 0 Å². The van der Waals surface area contributed by atoms with Crippen molar-refractivity contribution in [3.8, 4) is 5.88 Å². The monoisotopic (exact) mass is 345 g/mol. The van der Waals surface area contributed by atoms with Gasteiger partial charge >= 0.3 is 0 Å². The Kier molecular flexibility index (Phi) is 6.10. The molecule has 0 atom stereocenters. The number of hydrogen-bond donors (Lipinski definition) is 2. The molecule has 134 valence electrons. The topological polar surface area (TPSA) is 110 Å². The highest BCUT2D eigenvalue weighted by molar-refractivity contribution is 5.99. The summed E-state index contributed by atoms with van der Waals surface area (Å²) in [6.45, 7) is 3.61. The van der Waals surface area contributed by atoms with E-state index in [0.29, 0.717) is 12.3 Å². The maximum atomic E-state index is 12.4. The third kappa shape index (κ3) is 5.59. The minimum absolute atomic E-state index is 0.00407. The van der Waals surface area contributed by atoms with Crippen LogP contribution in [0.4, 0.5) is 5.95 Å². The van der Waals surface area contributed by atoms with Gasteiger partial charge in [0.05, 0.1) is 11.8 Å². The van der Waals surface area contributed by atoms with E-state index in [-0.39, 0.29) is 29.2 Å². The van der Waals surface area contributed by atoms with E-state index in [9.17, 15) is 9.59 Å². The molecule has 0 aromatic carbocycles. The second kappa shape index (κ2) is 8.27. The van der Waals surface area contributed by atoms with Crippen LogP contribution in [0.2, 0.25) is 0 Å². The molecule has 25 heavy (non-hydrogen) atoms. The van der Waals surface area contributed by atoms with Crippen molar-refractivity contribution in [3.63, 3.8) is 0 Å². The van der Waals surface area contributed by atoms with Gasteiger partial charge in [0.2, 0.25) is 11.8 Å². The lowest BCUT2D eigenvalue weighted by atomic mass is 10.3. The van der Waals surface area contributed by atoms with Gasteiger partial charge in [0.1, 0.15) is 5.56 Å². The van der Waals surface area contributed by atoms with Crippen molar-refractivity contribution in [1.82, 2.24) is 20.2 Å². The van der Waals surface area contributed by atoms with Gasteiger partial charge in [0.25, 0.3) is 5.91 Å². The SMILES string of the molecule is CC(C)Oc1nc(N)ncc1C(=O)N/C(C=O)=C/C=C\N(C)C1CC1. The smallest absolute Gasteiger partial charge is 0.262 e. The summed E-state index contributed by atoms with van der Waals surface area (Å²) >= 11 is 0. The van der Waals surface area contributed by atoms with E-state index in [1.165, 1.54) is 25.1 Å². The van der Waals surface area contributed by atoms with Crippen molar-refractivity contribution in [2.75, 3.05) is 12.8 Å². The van der Waals surface area contributed by atoms with Crippen molar-refractivity contribution < 1.29 is 14.3 Å². The maximum Gasteiger partial charge on any atom is 0.262 e. The van der Waals surface area contributed by atoms with E-state index < -0.39 is 5.91 Å². The second-order valence-corrected chi connectivity index (χ2v) is 6.05. The Morgan fingerprint density at radius 1 is 1.48 bits per heavy atom. The van der Waals surface area contributed by atoms with E-state index in [1.54, 1.807) is 19.9 Å². The molecule has 0 unspecified atom stereocenters. The number of ether oxygens (including phenoxy) is 1. The summed E-state index contributed by atoms with van der Waals surface area (Å²) in [7, 11) is 1.97. The molecule has 0 saturated heterocycles. The summed E-state index contributed by atoms with van der Waals surface area (Å²) < 4.78 is 5.49. The quantitative estimate of drug-likeness (QED) is 0.414. The van der Waals surface area contributed by atoms with Crippen LogP contribution in [0.3, 0.4) is 0 Å². The van der Waals surface area contributed by atoms with E-state index >= 15 is 0 Å². The lowest BCUT2D eigenvalue weighted by Gasteiger charge is -2.13. The summed E-state index contributed by atoms with van der Waals surface area (Å²) in [6, 6.07) is 0.571. The molecule has 0 radical (unpaired) electrons. The molecule has 1 aromatic heterocycles. The number of hydrogen-bond acceptors (Lipinski definition) is 7. The third-order valence-corrected chi connectivity index (χ3v) is 3.47. The van der Waals surface area contributed by atoms with Crippen LogP contribution in [0, 0.1) is 0 Å². The van der Waals surface area contributed by atoms with Crippen LogP contribution in [0.15, 0.2) is 30.2 Å². The Hall–Kier alpha value is -2.90. The fourth-order valence-electron chi connectivity index (χ4n) is 2.04. The number of nitrogens with zero attached hydrogens (tertiary/aromatic N) is 3. The van der Waals surface area contributed by atoms with Crippen LogP contribution in [0.5, 0.6) is 5.88 Å². The Bertz CT molecular complexity index is 696. The predicted molar refractivity (Wildman–Crippen MR) is 93.7 cm³/mol. The fourth-order valence-corrected chi connectivity index (χ4v) is 2.04. The van der Waals surface area contributed by atoms with Gasteiger partial charge in [0, 0.05) is 19.3 Å². The van der Waals surface area contributed by atoms with Crippen molar-refractivity contribution in [3.05, 3.63) is 35.8 Å². The fraction of sp³-hybridized carbons (Fsp3) is 0.412. The van der Waals surface area contributed by atoms with Crippen molar-refractivity contribution >= 4 is 18.1 Å². The Balaban J connectivity index is 2.09. The van der Waals surface area contributed by atoms with E-state index in [4.69, 9.17) is 10.5 Å². The summed E-state index contributed by atoms with van der Waals surface area (Å²) in [4.78, 5) is 33.4. The molecular weight excluding hydrogens is 322 g/mol. The molecular formula is C17H23N5O3. The van der Waals surface area contributed by atoms with Crippen LogP contribution in [0.1, 0.15) is 37.0 Å². The van der Waals surface area contributed by atoms with Gasteiger partial charge in [-0.25, -0.2) is 4.98 Å². The standard InChI is InChI=1S/C17H23N5O3/c1-11(2)25-16-14(9-19-17(18)21-16)15(24)20-12(10-23)5-4-8-22(3)13-6-7-13/h4-5,8-11,13H,6-7H2,1-3H3,(H,20,24)(H2,18,19,21)/b8-4-,12-5+. The number of carbonyl (C=O) groups is 2. The molecule has 8 nitrogen and oxygen atoms in total. The molecule has 0 aliphatic heterocycles. The number of rotatable bonds is 8. The number of nitrogens with one attached hydrogen (secondary N) is 1. The minimum atomic E-state index is -0.544. The molecule has 1 aliphatic rings. The van der Waals surface area contributed by atoms with Crippen LogP contribution >= 0.6 is 0 Å². The predicted octanol–water partition coefficient (Wildman–Crippen LogP) is 1.27. The van der Waals surface area contributed by atoms with Crippen LogP contribution in [-0.4, -0.2) is 46.3 Å². The number of aromatic nitrogens is 2. The molecule has 1 fully saturated rings. The molecule has 3 N–H and O–H groups in total. The lowest BCUT2D eigenvalue weighted by molar-refractivity contribution is -0.105. The number of carbonyl (C=O) groups excluding carboxylic acids is 2. The highest BCUT2D eigenvalue weighted by Gasteiger charge is 2.23. The highest BCUT2D eigenvalue weighted by Crippen LogP contribution is 2.25. The first-order valence-electron chi connectivity index (χ1n) is 8.06. The van der Waals surface area contributed by atoms with Gasteiger partial charge in [-0.3, -0.25) is 9.59 Å². The van der Waals surface area contributed by atoms with Crippen molar-refractivity contribution in [2.45, 2.75) is 38.8 Å². The number of nitrogen functional groups attached to an aromatic ring is 1. The number of aldehydes is 1. The van der Waals surface area contributed by atoms with Gasteiger partial charge in [-0.15, -0.1) is 0 Å². The van der Waals surface area contributed by atoms with Gasteiger partial charge in [-0.05, 0) is 45.0 Å². The molecule has 2 rings (SSSR count). The van der Waals surface area contributed by atoms with Gasteiger partial charge < -0.3 is 20.7 Å². The second-order valence-electron chi connectivity index (χ2n) is 6.05.